The van der Waals surface area contributed by atoms with Gasteiger partial charge in [0.05, 0.1) is 0 Å². The summed E-state index contributed by atoms with van der Waals surface area (Å²) < 4.78 is 20.4. The van der Waals surface area contributed by atoms with Gasteiger partial charge in [0.2, 0.25) is 0 Å². The third-order valence-electron chi connectivity index (χ3n) is 3.38. The predicted octanol–water partition coefficient (Wildman–Crippen LogP) is 1.16. The minimum Gasteiger partial charge on any atom is -0.490 e. The Labute approximate surface area is 142 Å². The lowest BCUT2D eigenvalue weighted by Crippen LogP contribution is -2.32. The third kappa shape index (κ3) is 5.24. The van der Waals surface area contributed by atoms with Crippen molar-refractivity contribution in [2.24, 2.45) is 5.73 Å². The molecule has 0 aliphatic heterocycles. The molecule has 1 unspecified atom stereocenters. The molecule has 0 fully saturated rings. The lowest BCUT2D eigenvalue weighted by Gasteiger charge is -2.11. The number of carbonyl (C=O) groups is 1. The molecule has 134 valence electrons. The Kier molecular flexibility index (Phi) is 6.01. The van der Waals surface area contributed by atoms with Gasteiger partial charge >= 0.3 is 11.9 Å². The normalized spacial score (nSPS) is 13.2. The lowest BCUT2D eigenvalue weighted by atomic mass is 10.1. The number of aliphatic carboxylic acids is 1. The van der Waals surface area contributed by atoms with E-state index in [1.54, 1.807) is 24.3 Å². The number of carboxylic acid groups (broad SMARTS) is 1. The highest BCUT2D eigenvalue weighted by atomic mass is 18.2. The van der Waals surface area contributed by atoms with Crippen LogP contribution in [0.1, 0.15) is 5.56 Å². The number of alkyl halides is 1. The molecule has 9 nitrogen and oxygen atoms in total. The molecule has 0 saturated carbocycles. The molecule has 0 spiro atoms. The summed E-state index contributed by atoms with van der Waals surface area (Å²) in [5.41, 5.74) is 6.16. The van der Waals surface area contributed by atoms with Crippen molar-refractivity contribution in [2.75, 3.05) is 6.61 Å². The third-order valence-corrected chi connectivity index (χ3v) is 3.38. The van der Waals surface area contributed by atoms with Crippen molar-refractivity contribution in [3.63, 3.8) is 0 Å². The number of ether oxygens (including phenoxy) is 1. The Morgan fingerprint density at radius 1 is 1.44 bits per heavy atom. The number of imidazole rings is 1. The molecule has 25 heavy (non-hydrogen) atoms. The summed E-state index contributed by atoms with van der Waals surface area (Å²) in [6.45, 7) is -0.537. The van der Waals surface area contributed by atoms with Gasteiger partial charge in [-0.3, -0.25) is 4.79 Å². The smallest absolute Gasteiger partial charge is 0.434 e. The molecule has 3 N–H and O–H groups in total. The van der Waals surface area contributed by atoms with Crippen LogP contribution in [0.15, 0.2) is 36.7 Å². The zero-order valence-corrected chi connectivity index (χ0v) is 13.1. The summed E-state index contributed by atoms with van der Waals surface area (Å²) in [6.07, 6.45) is 1.26. The lowest BCUT2D eigenvalue weighted by molar-refractivity contribution is -0.396. The number of nitro groups is 1. The number of nitrogens with zero attached hydrogens (tertiary/aromatic N) is 3. The van der Waals surface area contributed by atoms with Crippen LogP contribution >= 0.6 is 0 Å². The Morgan fingerprint density at radius 3 is 2.72 bits per heavy atom. The van der Waals surface area contributed by atoms with Crippen molar-refractivity contribution < 1.29 is 24.0 Å². The molecule has 1 aromatic carbocycles. The predicted molar refractivity (Wildman–Crippen MR) is 85.0 cm³/mol. The van der Waals surface area contributed by atoms with Gasteiger partial charge in [0, 0.05) is 0 Å². The number of benzene rings is 1. The molecule has 0 amide bonds. The SMILES string of the molecule is N[C@@H](Cc1ccc(OCC([18F])Cn2ccnc2[N+](=O)[O-])cc1)C(=O)O. The molecule has 1 heterocycles. The summed E-state index contributed by atoms with van der Waals surface area (Å²) in [5, 5.41) is 19.5. The van der Waals surface area contributed by atoms with E-state index in [0.717, 1.165) is 4.57 Å². The Balaban J connectivity index is 1.85. The first-order chi connectivity index (χ1) is 11.9. The molecule has 2 atom stereocenters. The summed E-state index contributed by atoms with van der Waals surface area (Å²) in [4.78, 5) is 24.3. The second-order valence-electron chi connectivity index (χ2n) is 5.34. The van der Waals surface area contributed by atoms with Crippen molar-refractivity contribution in [2.45, 2.75) is 25.2 Å². The van der Waals surface area contributed by atoms with Crippen molar-refractivity contribution in [1.29, 1.82) is 0 Å². The zero-order valence-electron chi connectivity index (χ0n) is 13.1. The van der Waals surface area contributed by atoms with E-state index in [2.05, 4.69) is 4.98 Å². The topological polar surface area (TPSA) is 134 Å². The van der Waals surface area contributed by atoms with E-state index in [1.165, 1.54) is 12.4 Å². The second kappa shape index (κ2) is 8.20. The highest BCUT2D eigenvalue weighted by Gasteiger charge is 2.19. The molecule has 10 heteroatoms. The fourth-order valence-electron chi connectivity index (χ4n) is 2.13. The van der Waals surface area contributed by atoms with Crippen LogP contribution in [0.5, 0.6) is 5.75 Å². The van der Waals surface area contributed by atoms with Crippen LogP contribution in [0.4, 0.5) is 10.3 Å². The van der Waals surface area contributed by atoms with E-state index in [1.807, 2.05) is 0 Å². The van der Waals surface area contributed by atoms with Crippen LogP contribution in [0.2, 0.25) is 0 Å². The average molecular weight is 351 g/mol. The summed E-state index contributed by atoms with van der Waals surface area (Å²) in [6, 6.07) is 5.46. The number of hydrogen-bond donors (Lipinski definition) is 2. The molecule has 0 aliphatic carbocycles. The van der Waals surface area contributed by atoms with Crippen molar-refractivity contribution in [3.05, 3.63) is 52.3 Å². The summed E-state index contributed by atoms with van der Waals surface area (Å²) in [5.74, 6) is -1.12. The van der Waals surface area contributed by atoms with E-state index >= 15 is 0 Å². The molecular weight excluding hydrogens is 334 g/mol. The average Bonchev–Trinajstić information content (AvgIpc) is 3.02. The number of rotatable bonds is 9. The van der Waals surface area contributed by atoms with E-state index < -0.39 is 29.1 Å². The van der Waals surface area contributed by atoms with Gasteiger partial charge in [0.1, 0.15) is 37.3 Å². The van der Waals surface area contributed by atoms with E-state index in [9.17, 15) is 19.3 Å². The van der Waals surface area contributed by atoms with Gasteiger partial charge in [-0.15, -0.1) is 0 Å². The molecule has 0 saturated heterocycles. The first-order valence-corrected chi connectivity index (χ1v) is 7.36. The van der Waals surface area contributed by atoms with E-state index in [-0.39, 0.29) is 19.6 Å². The van der Waals surface area contributed by atoms with Gasteiger partial charge in [-0.25, -0.2) is 8.96 Å². The number of hydrogen-bond acceptors (Lipinski definition) is 6. The Morgan fingerprint density at radius 2 is 2.12 bits per heavy atom. The van der Waals surface area contributed by atoms with Crippen LogP contribution in [0, 0.1) is 10.1 Å². The van der Waals surface area contributed by atoms with Crippen LogP contribution in [0.3, 0.4) is 0 Å². The largest absolute Gasteiger partial charge is 0.490 e. The van der Waals surface area contributed by atoms with Crippen LogP contribution in [-0.2, 0) is 17.8 Å². The minimum absolute atomic E-state index is 0.172. The van der Waals surface area contributed by atoms with E-state index in [0.29, 0.717) is 11.3 Å². The number of nitrogens with two attached hydrogens (primary N) is 1. The molecule has 0 aliphatic rings. The number of carboxylic acids is 1. The fraction of sp³-hybridized carbons (Fsp3) is 0.333. The molecule has 0 radical (unpaired) electrons. The molecule has 0 bridgehead atoms. The van der Waals surface area contributed by atoms with Gasteiger partial charge in [0.25, 0.3) is 0 Å². The standard InChI is InChI=1S/C15H17FN4O5/c16-11(8-19-6-5-18-15(19)20(23)24)9-25-12-3-1-10(2-4-12)7-13(17)14(21)22/h1-6,11,13H,7-9,17H2,(H,21,22)/t11?,13-/m0/s1/i16-1. The zero-order chi connectivity index (χ0) is 18.4. The highest BCUT2D eigenvalue weighted by Crippen LogP contribution is 2.15. The summed E-state index contributed by atoms with van der Waals surface area (Å²) in [7, 11) is 0. The molecular formula is C15H17FN4O5. The van der Waals surface area contributed by atoms with Crippen LogP contribution < -0.4 is 10.5 Å². The Bertz CT molecular complexity index is 734. The maximum Gasteiger partial charge on any atom is 0.434 e. The summed E-state index contributed by atoms with van der Waals surface area (Å²) >= 11 is 0. The van der Waals surface area contributed by atoms with Gasteiger partial charge in [-0.05, 0) is 29.0 Å². The first-order valence-electron chi connectivity index (χ1n) is 7.36. The van der Waals surface area contributed by atoms with Gasteiger partial charge in [-0.1, -0.05) is 17.1 Å². The minimum atomic E-state index is -1.46. The van der Waals surface area contributed by atoms with Crippen molar-refractivity contribution in [1.82, 2.24) is 9.55 Å². The van der Waals surface area contributed by atoms with Gasteiger partial charge < -0.3 is 25.7 Å². The van der Waals surface area contributed by atoms with Crippen LogP contribution in [0.25, 0.3) is 0 Å². The van der Waals surface area contributed by atoms with E-state index in [4.69, 9.17) is 15.6 Å². The van der Waals surface area contributed by atoms with Crippen molar-refractivity contribution in [3.8, 4) is 5.75 Å². The molecule has 2 aromatic rings. The molecule has 1 aromatic heterocycles. The van der Waals surface area contributed by atoms with Gasteiger partial charge in [0.15, 0.2) is 6.17 Å². The maximum atomic E-state index is 14.0. The fourth-order valence-corrected chi connectivity index (χ4v) is 2.13. The highest BCUT2D eigenvalue weighted by molar-refractivity contribution is 5.73. The number of halogens is 1. The maximum absolute atomic E-state index is 14.0. The Hall–Kier alpha value is -3.01. The number of aromatic nitrogens is 2. The molecule has 2 rings (SSSR count). The second-order valence-corrected chi connectivity index (χ2v) is 5.34. The quantitative estimate of drug-likeness (QED) is 0.511. The first kappa shape index (κ1) is 18.3. The van der Waals surface area contributed by atoms with Gasteiger partial charge in [-0.2, -0.15) is 0 Å². The van der Waals surface area contributed by atoms with Crippen molar-refractivity contribution >= 4 is 11.9 Å². The van der Waals surface area contributed by atoms with Crippen LogP contribution in [-0.4, -0.2) is 44.4 Å². The monoisotopic (exact) mass is 351 g/mol.